The second kappa shape index (κ2) is 4.25. The van der Waals surface area contributed by atoms with Crippen LogP contribution in [0.15, 0.2) is 6.20 Å². The van der Waals surface area contributed by atoms with Gasteiger partial charge < -0.3 is 14.8 Å². The number of hydrogen-bond acceptors (Lipinski definition) is 3. The lowest BCUT2D eigenvalue weighted by Gasteiger charge is -2.31. The van der Waals surface area contributed by atoms with Crippen molar-refractivity contribution in [3.8, 4) is 0 Å². The molecule has 1 aromatic heterocycles. The fourth-order valence-corrected chi connectivity index (χ4v) is 1.98. The Kier molecular flexibility index (Phi) is 2.96. The predicted octanol–water partition coefficient (Wildman–Crippen LogP) is 1.10. The van der Waals surface area contributed by atoms with Crippen LogP contribution in [0.25, 0.3) is 0 Å². The lowest BCUT2D eigenvalue weighted by Crippen LogP contribution is -2.31. The van der Waals surface area contributed by atoms with Crippen molar-refractivity contribution in [3.63, 3.8) is 0 Å². The Hall–Kier alpha value is -1.36. The van der Waals surface area contributed by atoms with Gasteiger partial charge in [0.1, 0.15) is 5.82 Å². The third-order valence-corrected chi connectivity index (χ3v) is 3.14. The van der Waals surface area contributed by atoms with Gasteiger partial charge in [0.2, 0.25) is 0 Å². The number of nitrogens with one attached hydrogen (secondary N) is 1. The topological polar surface area (TPSA) is 75.2 Å². The minimum atomic E-state index is -0.840. The van der Waals surface area contributed by atoms with Gasteiger partial charge in [0.05, 0.1) is 6.42 Å². The molecule has 0 spiro atoms. The van der Waals surface area contributed by atoms with Crippen molar-refractivity contribution in [3.05, 3.63) is 17.7 Å². The molecule has 0 bridgehead atoms. The van der Waals surface area contributed by atoms with Gasteiger partial charge >= 0.3 is 5.97 Å². The van der Waals surface area contributed by atoms with Gasteiger partial charge in [-0.15, -0.1) is 0 Å². The molecule has 0 amide bonds. The largest absolute Gasteiger partial charge is 0.481 e. The number of ether oxygens (including phenoxy) is 1. The summed E-state index contributed by atoms with van der Waals surface area (Å²) in [4.78, 5) is 18.0. The summed E-state index contributed by atoms with van der Waals surface area (Å²) >= 11 is 0. The Morgan fingerprint density at radius 1 is 1.62 bits per heavy atom. The van der Waals surface area contributed by atoms with Crippen molar-refractivity contribution in [2.45, 2.75) is 31.6 Å². The molecule has 0 atom stereocenters. The van der Waals surface area contributed by atoms with E-state index in [1.165, 1.54) is 0 Å². The average Bonchev–Trinajstić information content (AvgIpc) is 2.67. The van der Waals surface area contributed by atoms with E-state index >= 15 is 0 Å². The van der Waals surface area contributed by atoms with Crippen LogP contribution in [0.3, 0.4) is 0 Å². The molecule has 1 aromatic rings. The molecule has 2 N–H and O–H groups in total. The SMILES string of the molecule is CC1(c2ncc(CC(=O)O)[nH]2)CCOCC1. The highest BCUT2D eigenvalue weighted by Crippen LogP contribution is 2.32. The third-order valence-electron chi connectivity index (χ3n) is 3.14. The van der Waals surface area contributed by atoms with Gasteiger partial charge in [-0.25, -0.2) is 4.98 Å². The van der Waals surface area contributed by atoms with Crippen LogP contribution in [0.2, 0.25) is 0 Å². The molecular weight excluding hydrogens is 208 g/mol. The van der Waals surface area contributed by atoms with Gasteiger partial charge in [-0.3, -0.25) is 4.79 Å². The molecule has 2 heterocycles. The van der Waals surface area contributed by atoms with Gasteiger partial charge in [0.25, 0.3) is 0 Å². The van der Waals surface area contributed by atoms with Gasteiger partial charge in [0.15, 0.2) is 0 Å². The number of carboxylic acids is 1. The van der Waals surface area contributed by atoms with Crippen LogP contribution in [0.1, 0.15) is 31.3 Å². The Bertz CT molecular complexity index is 380. The number of carbonyl (C=O) groups is 1. The average molecular weight is 224 g/mol. The summed E-state index contributed by atoms with van der Waals surface area (Å²) < 4.78 is 5.32. The van der Waals surface area contributed by atoms with Crippen molar-refractivity contribution in [2.75, 3.05) is 13.2 Å². The van der Waals surface area contributed by atoms with E-state index in [-0.39, 0.29) is 11.8 Å². The normalized spacial score (nSPS) is 19.6. The molecule has 16 heavy (non-hydrogen) atoms. The van der Waals surface area contributed by atoms with Gasteiger partial charge in [0, 0.05) is 30.5 Å². The first-order valence-electron chi connectivity index (χ1n) is 5.44. The van der Waals surface area contributed by atoms with E-state index in [0.29, 0.717) is 5.69 Å². The summed E-state index contributed by atoms with van der Waals surface area (Å²) in [6.07, 6.45) is 3.46. The summed E-state index contributed by atoms with van der Waals surface area (Å²) in [5, 5.41) is 8.68. The first kappa shape index (κ1) is 11.1. The summed E-state index contributed by atoms with van der Waals surface area (Å²) in [6.45, 7) is 3.62. The van der Waals surface area contributed by atoms with E-state index in [1.807, 2.05) is 0 Å². The molecule has 0 radical (unpaired) electrons. The van der Waals surface area contributed by atoms with E-state index in [9.17, 15) is 4.79 Å². The summed E-state index contributed by atoms with van der Waals surface area (Å²) in [5.74, 6) is 0.0411. The number of H-pyrrole nitrogens is 1. The van der Waals surface area contributed by atoms with E-state index in [4.69, 9.17) is 9.84 Å². The number of rotatable bonds is 3. The maximum Gasteiger partial charge on any atom is 0.309 e. The molecule has 88 valence electrons. The van der Waals surface area contributed by atoms with Crippen LogP contribution < -0.4 is 0 Å². The lowest BCUT2D eigenvalue weighted by molar-refractivity contribution is -0.136. The smallest absolute Gasteiger partial charge is 0.309 e. The van der Waals surface area contributed by atoms with Crippen molar-refractivity contribution in [1.82, 2.24) is 9.97 Å². The highest BCUT2D eigenvalue weighted by molar-refractivity contribution is 5.69. The van der Waals surface area contributed by atoms with Gasteiger partial charge in [-0.1, -0.05) is 6.92 Å². The number of carboxylic acid groups (broad SMARTS) is 1. The molecule has 0 aliphatic carbocycles. The second-order valence-electron chi connectivity index (χ2n) is 4.50. The highest BCUT2D eigenvalue weighted by atomic mass is 16.5. The minimum absolute atomic E-state index is 0.000417. The molecule has 1 saturated heterocycles. The number of aromatic amines is 1. The quantitative estimate of drug-likeness (QED) is 0.806. The zero-order valence-electron chi connectivity index (χ0n) is 9.32. The molecule has 1 aliphatic heterocycles. The first-order valence-corrected chi connectivity index (χ1v) is 5.44. The van der Waals surface area contributed by atoms with Crippen molar-refractivity contribution in [1.29, 1.82) is 0 Å². The summed E-state index contributed by atoms with van der Waals surface area (Å²) in [7, 11) is 0. The fourth-order valence-electron chi connectivity index (χ4n) is 1.98. The third kappa shape index (κ3) is 2.24. The van der Waals surface area contributed by atoms with Crippen LogP contribution in [-0.2, 0) is 21.4 Å². The Morgan fingerprint density at radius 2 is 2.31 bits per heavy atom. The molecule has 0 saturated carbocycles. The van der Waals surface area contributed by atoms with E-state index in [2.05, 4.69) is 16.9 Å². The standard InChI is InChI=1S/C11H16N2O3/c1-11(2-4-16-5-3-11)10-12-7-8(13-10)6-9(14)15/h7H,2-6H2,1H3,(H,12,13)(H,14,15). The van der Waals surface area contributed by atoms with E-state index in [1.54, 1.807) is 6.20 Å². The predicted molar refractivity (Wildman–Crippen MR) is 57.3 cm³/mol. The van der Waals surface area contributed by atoms with Crippen molar-refractivity contribution < 1.29 is 14.6 Å². The van der Waals surface area contributed by atoms with Crippen LogP contribution in [-0.4, -0.2) is 34.3 Å². The van der Waals surface area contributed by atoms with Crippen LogP contribution in [0.4, 0.5) is 0 Å². The number of aromatic nitrogens is 2. The van der Waals surface area contributed by atoms with Crippen LogP contribution in [0.5, 0.6) is 0 Å². The molecule has 5 heteroatoms. The Labute approximate surface area is 93.8 Å². The van der Waals surface area contributed by atoms with Crippen LogP contribution in [0, 0.1) is 0 Å². The number of imidazole rings is 1. The summed E-state index contributed by atoms with van der Waals surface area (Å²) in [5.41, 5.74) is 0.657. The summed E-state index contributed by atoms with van der Waals surface area (Å²) in [6, 6.07) is 0. The number of hydrogen-bond donors (Lipinski definition) is 2. The highest BCUT2D eigenvalue weighted by Gasteiger charge is 2.32. The van der Waals surface area contributed by atoms with Crippen molar-refractivity contribution in [2.24, 2.45) is 0 Å². The minimum Gasteiger partial charge on any atom is -0.481 e. The maximum atomic E-state index is 10.6. The molecule has 2 rings (SSSR count). The second-order valence-corrected chi connectivity index (χ2v) is 4.50. The zero-order chi connectivity index (χ0) is 11.6. The molecule has 0 aromatic carbocycles. The first-order chi connectivity index (χ1) is 7.60. The number of aliphatic carboxylic acids is 1. The lowest BCUT2D eigenvalue weighted by atomic mass is 9.82. The Morgan fingerprint density at radius 3 is 2.94 bits per heavy atom. The molecule has 1 aliphatic rings. The molecule has 0 unspecified atom stereocenters. The van der Waals surface area contributed by atoms with Crippen LogP contribution >= 0.6 is 0 Å². The fraction of sp³-hybridized carbons (Fsp3) is 0.636. The maximum absolute atomic E-state index is 10.6. The monoisotopic (exact) mass is 224 g/mol. The van der Waals surface area contributed by atoms with E-state index in [0.717, 1.165) is 31.9 Å². The van der Waals surface area contributed by atoms with Crippen molar-refractivity contribution >= 4 is 5.97 Å². The molecule has 5 nitrogen and oxygen atoms in total. The van der Waals surface area contributed by atoms with Gasteiger partial charge in [-0.05, 0) is 12.8 Å². The molecule has 1 fully saturated rings. The zero-order valence-corrected chi connectivity index (χ0v) is 9.32. The van der Waals surface area contributed by atoms with E-state index < -0.39 is 5.97 Å². The Balaban J connectivity index is 2.13. The molecular formula is C11H16N2O3. The van der Waals surface area contributed by atoms with Gasteiger partial charge in [-0.2, -0.15) is 0 Å². The number of nitrogens with zero attached hydrogens (tertiary/aromatic N) is 1.